The summed E-state index contributed by atoms with van der Waals surface area (Å²) in [5.41, 5.74) is 2.59. The maximum Gasteiger partial charge on any atom is 0.252 e. The van der Waals surface area contributed by atoms with E-state index in [9.17, 15) is 4.79 Å². The number of aromatic amines is 1. The molecule has 1 amide bonds. The molecule has 1 heterocycles. The Bertz CT molecular complexity index is 808. The first-order chi connectivity index (χ1) is 11.1. The first-order valence-corrected chi connectivity index (χ1v) is 8.64. The van der Waals surface area contributed by atoms with Crippen molar-refractivity contribution in [2.24, 2.45) is 5.92 Å². The fourth-order valence-electron chi connectivity index (χ4n) is 2.53. The largest absolute Gasteiger partial charge is 0.342 e. The van der Waals surface area contributed by atoms with Gasteiger partial charge in [-0.25, -0.2) is 4.98 Å². The number of benzene rings is 2. The van der Waals surface area contributed by atoms with Crippen LogP contribution in [0.25, 0.3) is 11.0 Å². The van der Waals surface area contributed by atoms with Gasteiger partial charge in [-0.1, -0.05) is 38.1 Å². The van der Waals surface area contributed by atoms with Gasteiger partial charge < -0.3 is 10.3 Å². The number of aromatic nitrogens is 2. The number of H-pyrrole nitrogens is 1. The minimum atomic E-state index is -0.161. The summed E-state index contributed by atoms with van der Waals surface area (Å²) in [5, 5.41) is 3.11. The Kier molecular flexibility index (Phi) is 4.66. The van der Waals surface area contributed by atoms with Crippen molar-refractivity contribution in [3.8, 4) is 0 Å². The van der Waals surface area contributed by atoms with Gasteiger partial charge in [0.05, 0.1) is 22.6 Å². The van der Waals surface area contributed by atoms with E-state index in [2.05, 4.69) is 51.7 Å². The normalized spacial score (nSPS) is 12.5. The number of para-hydroxylation sites is 2. The molecule has 3 aromatic rings. The highest BCUT2D eigenvalue weighted by molar-refractivity contribution is 14.1. The van der Waals surface area contributed by atoms with Gasteiger partial charge in [0.2, 0.25) is 0 Å². The molecule has 0 aliphatic carbocycles. The number of nitrogens with one attached hydrogen (secondary N) is 2. The molecule has 2 N–H and O–H groups in total. The number of amides is 1. The Balaban J connectivity index is 1.90. The molecule has 2 aromatic carbocycles. The molecule has 118 valence electrons. The van der Waals surface area contributed by atoms with E-state index in [1.54, 1.807) is 0 Å². The molecule has 3 rings (SSSR count). The highest BCUT2D eigenvalue weighted by atomic mass is 127. The third kappa shape index (κ3) is 3.39. The van der Waals surface area contributed by atoms with Crippen molar-refractivity contribution in [3.05, 3.63) is 63.5 Å². The van der Waals surface area contributed by atoms with E-state index in [4.69, 9.17) is 0 Å². The van der Waals surface area contributed by atoms with Crippen LogP contribution in [0.2, 0.25) is 0 Å². The lowest BCUT2D eigenvalue weighted by atomic mass is 10.0. The SMILES string of the molecule is CC(C)C(NC(=O)c1ccccc1I)c1nc2ccccc2[nH]1. The molecule has 5 heteroatoms. The Morgan fingerprint density at radius 2 is 1.83 bits per heavy atom. The zero-order valence-electron chi connectivity index (χ0n) is 13.0. The predicted octanol–water partition coefficient (Wildman–Crippen LogP) is 4.29. The van der Waals surface area contributed by atoms with E-state index in [0.29, 0.717) is 5.56 Å². The monoisotopic (exact) mass is 419 g/mol. The lowest BCUT2D eigenvalue weighted by Crippen LogP contribution is -2.33. The minimum Gasteiger partial charge on any atom is -0.342 e. The van der Waals surface area contributed by atoms with E-state index in [1.807, 2.05) is 48.5 Å². The quantitative estimate of drug-likeness (QED) is 0.620. The Morgan fingerprint density at radius 1 is 1.13 bits per heavy atom. The van der Waals surface area contributed by atoms with Gasteiger partial charge in [0.25, 0.3) is 5.91 Å². The number of nitrogens with zero attached hydrogens (tertiary/aromatic N) is 1. The molecular weight excluding hydrogens is 401 g/mol. The van der Waals surface area contributed by atoms with Gasteiger partial charge in [0.15, 0.2) is 0 Å². The number of hydrogen-bond donors (Lipinski definition) is 2. The molecule has 23 heavy (non-hydrogen) atoms. The predicted molar refractivity (Wildman–Crippen MR) is 100 cm³/mol. The summed E-state index contributed by atoms with van der Waals surface area (Å²) < 4.78 is 0.940. The Hall–Kier alpha value is -1.89. The lowest BCUT2D eigenvalue weighted by Gasteiger charge is -2.20. The van der Waals surface area contributed by atoms with Crippen LogP contribution in [-0.4, -0.2) is 15.9 Å². The summed E-state index contributed by atoms with van der Waals surface area (Å²) in [7, 11) is 0. The molecule has 0 spiro atoms. The highest BCUT2D eigenvalue weighted by Gasteiger charge is 2.23. The zero-order valence-corrected chi connectivity index (χ0v) is 15.2. The fraction of sp³-hybridized carbons (Fsp3) is 0.222. The summed E-state index contributed by atoms with van der Waals surface area (Å²) in [6, 6.07) is 15.3. The molecule has 1 atom stereocenters. The first kappa shape index (κ1) is 16.0. The van der Waals surface area contributed by atoms with Crippen molar-refractivity contribution in [1.82, 2.24) is 15.3 Å². The molecule has 4 nitrogen and oxygen atoms in total. The molecule has 0 bridgehead atoms. The highest BCUT2D eigenvalue weighted by Crippen LogP contribution is 2.23. The van der Waals surface area contributed by atoms with Crippen LogP contribution in [0.5, 0.6) is 0 Å². The number of rotatable bonds is 4. The second-order valence-corrected chi connectivity index (χ2v) is 6.98. The van der Waals surface area contributed by atoms with Gasteiger partial charge in [-0.15, -0.1) is 0 Å². The minimum absolute atomic E-state index is 0.0749. The van der Waals surface area contributed by atoms with Gasteiger partial charge in [-0.2, -0.15) is 0 Å². The zero-order chi connectivity index (χ0) is 16.4. The van der Waals surface area contributed by atoms with Crippen molar-refractivity contribution in [1.29, 1.82) is 0 Å². The number of halogens is 1. The van der Waals surface area contributed by atoms with Crippen LogP contribution in [0.4, 0.5) is 0 Å². The van der Waals surface area contributed by atoms with Crippen molar-refractivity contribution in [3.63, 3.8) is 0 Å². The van der Waals surface area contributed by atoms with Crippen LogP contribution < -0.4 is 5.32 Å². The fourth-order valence-corrected chi connectivity index (χ4v) is 3.17. The number of carbonyl (C=O) groups excluding carboxylic acids is 1. The standard InChI is InChI=1S/C18H18IN3O/c1-11(2)16(17-20-14-9-5-6-10-15(14)21-17)22-18(23)12-7-3-4-8-13(12)19/h3-11,16H,1-2H3,(H,20,21)(H,22,23). The van der Waals surface area contributed by atoms with Crippen molar-refractivity contribution in [2.75, 3.05) is 0 Å². The summed E-state index contributed by atoms with van der Waals surface area (Å²) in [6.45, 7) is 4.15. The molecule has 0 radical (unpaired) electrons. The Morgan fingerprint density at radius 3 is 2.52 bits per heavy atom. The van der Waals surface area contributed by atoms with Crippen molar-refractivity contribution < 1.29 is 4.79 Å². The second-order valence-electron chi connectivity index (χ2n) is 5.81. The molecule has 1 aromatic heterocycles. The maximum atomic E-state index is 12.6. The van der Waals surface area contributed by atoms with Crippen LogP contribution in [-0.2, 0) is 0 Å². The topological polar surface area (TPSA) is 57.8 Å². The van der Waals surface area contributed by atoms with Gasteiger partial charge in [-0.3, -0.25) is 4.79 Å². The van der Waals surface area contributed by atoms with E-state index >= 15 is 0 Å². The second kappa shape index (κ2) is 6.70. The van der Waals surface area contributed by atoms with Crippen LogP contribution >= 0.6 is 22.6 Å². The molecule has 0 saturated heterocycles. The van der Waals surface area contributed by atoms with Crippen molar-refractivity contribution >= 4 is 39.5 Å². The van der Waals surface area contributed by atoms with Crippen LogP contribution in [0.15, 0.2) is 48.5 Å². The molecule has 0 aliphatic rings. The molecule has 0 aliphatic heterocycles. The number of fused-ring (bicyclic) bond motifs is 1. The smallest absolute Gasteiger partial charge is 0.252 e. The average molecular weight is 419 g/mol. The first-order valence-electron chi connectivity index (χ1n) is 7.56. The van der Waals surface area contributed by atoms with Crippen LogP contribution in [0, 0.1) is 9.49 Å². The maximum absolute atomic E-state index is 12.6. The third-order valence-electron chi connectivity index (χ3n) is 3.77. The average Bonchev–Trinajstić information content (AvgIpc) is 2.96. The van der Waals surface area contributed by atoms with Gasteiger partial charge in [0, 0.05) is 3.57 Å². The molecule has 0 saturated carbocycles. The van der Waals surface area contributed by atoms with Crippen LogP contribution in [0.3, 0.4) is 0 Å². The van der Waals surface area contributed by atoms with Crippen molar-refractivity contribution in [2.45, 2.75) is 19.9 Å². The van der Waals surface area contributed by atoms with Gasteiger partial charge >= 0.3 is 0 Å². The number of carbonyl (C=O) groups is 1. The number of imidazole rings is 1. The Labute approximate surface area is 148 Å². The van der Waals surface area contributed by atoms with E-state index in [0.717, 1.165) is 20.4 Å². The molecular formula is C18H18IN3O. The van der Waals surface area contributed by atoms with Gasteiger partial charge in [-0.05, 0) is 52.8 Å². The summed E-state index contributed by atoms with van der Waals surface area (Å²) in [4.78, 5) is 20.6. The molecule has 1 unspecified atom stereocenters. The summed E-state index contributed by atoms with van der Waals surface area (Å²) >= 11 is 2.18. The molecule has 0 fully saturated rings. The summed E-state index contributed by atoms with van der Waals surface area (Å²) in [6.07, 6.45) is 0. The summed E-state index contributed by atoms with van der Waals surface area (Å²) in [5.74, 6) is 0.940. The van der Waals surface area contributed by atoms with E-state index in [1.165, 1.54) is 0 Å². The van der Waals surface area contributed by atoms with E-state index in [-0.39, 0.29) is 17.9 Å². The number of hydrogen-bond acceptors (Lipinski definition) is 2. The van der Waals surface area contributed by atoms with E-state index < -0.39 is 0 Å². The van der Waals surface area contributed by atoms with Crippen LogP contribution in [0.1, 0.15) is 36.1 Å². The lowest BCUT2D eigenvalue weighted by molar-refractivity contribution is 0.0922. The third-order valence-corrected chi connectivity index (χ3v) is 4.71. The van der Waals surface area contributed by atoms with Gasteiger partial charge in [0.1, 0.15) is 5.82 Å².